The maximum atomic E-state index is 6.64. The molecule has 0 aliphatic heterocycles. The third-order valence-corrected chi connectivity index (χ3v) is 6.49. The Morgan fingerprint density at radius 3 is 2.75 bits per heavy atom. The number of benzene rings is 1. The third-order valence-electron chi connectivity index (χ3n) is 2.92. The number of hydrogen-bond acceptors (Lipinski definition) is 3. The molecule has 0 bridgehead atoms. The van der Waals surface area contributed by atoms with Crippen molar-refractivity contribution in [3.63, 3.8) is 0 Å². The summed E-state index contributed by atoms with van der Waals surface area (Å²) in [4.78, 5) is 1.10. The van der Waals surface area contributed by atoms with Crippen LogP contribution in [0.4, 0.5) is 0 Å². The van der Waals surface area contributed by atoms with Crippen LogP contribution in [0.5, 0.6) is 5.75 Å². The van der Waals surface area contributed by atoms with E-state index in [4.69, 9.17) is 27.9 Å². The minimum absolute atomic E-state index is 0.274. The monoisotopic (exact) mass is 406 g/mol. The topological polar surface area (TPSA) is 9.23 Å². The van der Waals surface area contributed by atoms with E-state index in [1.54, 1.807) is 35.8 Å². The number of ether oxygens (including phenoxy) is 1. The molecular formula is C14H9BrCl2OS2. The standard InChI is InChI=1S/C14H9BrCl2OS2/c1-18-14-8(4-7(16)5-9(14)15)13(17)12-6-11-10(20-12)2-3-19-11/h2-6,13H,1H3. The van der Waals surface area contributed by atoms with E-state index >= 15 is 0 Å². The molecule has 3 rings (SSSR count). The van der Waals surface area contributed by atoms with E-state index < -0.39 is 0 Å². The molecule has 0 aliphatic rings. The lowest BCUT2D eigenvalue weighted by Gasteiger charge is -2.15. The van der Waals surface area contributed by atoms with E-state index in [0.717, 1.165) is 20.7 Å². The Labute approximate surface area is 143 Å². The van der Waals surface area contributed by atoms with E-state index in [1.807, 2.05) is 6.07 Å². The van der Waals surface area contributed by atoms with Crippen LogP contribution in [-0.4, -0.2) is 7.11 Å². The van der Waals surface area contributed by atoms with Crippen molar-refractivity contribution in [2.45, 2.75) is 5.38 Å². The van der Waals surface area contributed by atoms with Gasteiger partial charge in [-0.05, 0) is 45.6 Å². The second kappa shape index (κ2) is 5.85. The number of methoxy groups -OCH3 is 1. The molecule has 2 heterocycles. The zero-order valence-corrected chi connectivity index (χ0v) is 15.1. The first kappa shape index (κ1) is 14.7. The smallest absolute Gasteiger partial charge is 0.138 e. The third kappa shape index (κ3) is 2.60. The summed E-state index contributed by atoms with van der Waals surface area (Å²) in [5.41, 5.74) is 0.877. The number of halogens is 3. The minimum Gasteiger partial charge on any atom is -0.495 e. The van der Waals surface area contributed by atoms with E-state index in [1.165, 1.54) is 9.40 Å². The van der Waals surface area contributed by atoms with Crippen molar-refractivity contribution in [2.75, 3.05) is 7.11 Å². The molecule has 1 unspecified atom stereocenters. The SMILES string of the molecule is COc1c(Br)cc(Cl)cc1C(Cl)c1cc2sccc2s1. The van der Waals surface area contributed by atoms with Gasteiger partial charge in [0.15, 0.2) is 0 Å². The van der Waals surface area contributed by atoms with E-state index in [-0.39, 0.29) is 5.38 Å². The van der Waals surface area contributed by atoms with Gasteiger partial charge in [-0.15, -0.1) is 34.3 Å². The molecule has 20 heavy (non-hydrogen) atoms. The van der Waals surface area contributed by atoms with Crippen LogP contribution in [0.1, 0.15) is 15.8 Å². The Kier molecular flexibility index (Phi) is 4.29. The molecule has 1 atom stereocenters. The van der Waals surface area contributed by atoms with Crippen molar-refractivity contribution >= 4 is 71.2 Å². The molecule has 6 heteroatoms. The summed E-state index contributed by atoms with van der Waals surface area (Å²) in [6, 6.07) is 7.91. The lowest BCUT2D eigenvalue weighted by Crippen LogP contribution is -1.97. The molecule has 3 aromatic rings. The molecule has 104 valence electrons. The second-order valence-corrected chi connectivity index (χ2v) is 7.96. The van der Waals surface area contributed by atoms with Gasteiger partial charge in [-0.2, -0.15) is 0 Å². The molecule has 0 N–H and O–H groups in total. The van der Waals surface area contributed by atoms with Crippen molar-refractivity contribution in [2.24, 2.45) is 0 Å². The lowest BCUT2D eigenvalue weighted by molar-refractivity contribution is 0.407. The number of rotatable bonds is 3. The van der Waals surface area contributed by atoms with Crippen molar-refractivity contribution in [1.82, 2.24) is 0 Å². The van der Waals surface area contributed by atoms with Crippen molar-refractivity contribution in [3.8, 4) is 5.75 Å². The van der Waals surface area contributed by atoms with Gasteiger partial charge in [0.1, 0.15) is 5.75 Å². The molecule has 0 aliphatic carbocycles. The van der Waals surface area contributed by atoms with Crippen LogP contribution in [0.2, 0.25) is 5.02 Å². The maximum Gasteiger partial charge on any atom is 0.138 e. The Morgan fingerprint density at radius 1 is 1.25 bits per heavy atom. The van der Waals surface area contributed by atoms with E-state index in [0.29, 0.717) is 5.02 Å². The summed E-state index contributed by atoms with van der Waals surface area (Å²) in [7, 11) is 1.63. The highest BCUT2D eigenvalue weighted by Gasteiger charge is 2.21. The first-order chi connectivity index (χ1) is 9.60. The Balaban J connectivity index is 2.09. The van der Waals surface area contributed by atoms with Crippen molar-refractivity contribution < 1.29 is 4.74 Å². The fourth-order valence-corrected chi connectivity index (χ4v) is 5.52. The van der Waals surface area contributed by atoms with Gasteiger partial charge in [-0.25, -0.2) is 0 Å². The summed E-state index contributed by atoms with van der Waals surface area (Å²) in [5.74, 6) is 0.728. The van der Waals surface area contributed by atoms with Gasteiger partial charge in [0.2, 0.25) is 0 Å². The Hall–Kier alpha value is -0.260. The number of fused-ring (bicyclic) bond motifs is 1. The Morgan fingerprint density at radius 2 is 2.05 bits per heavy atom. The molecule has 0 radical (unpaired) electrons. The molecule has 2 aromatic heterocycles. The largest absolute Gasteiger partial charge is 0.495 e. The van der Waals surface area contributed by atoms with Crippen molar-refractivity contribution in [1.29, 1.82) is 0 Å². The Bertz CT molecular complexity index is 737. The molecule has 0 spiro atoms. The predicted octanol–water partition coefficient (Wildman–Crippen LogP) is 6.72. The molecule has 1 nitrogen and oxygen atoms in total. The molecule has 0 saturated heterocycles. The van der Waals surface area contributed by atoms with Gasteiger partial charge in [0.25, 0.3) is 0 Å². The van der Waals surface area contributed by atoms with Gasteiger partial charge in [-0.1, -0.05) is 11.6 Å². The average molecular weight is 408 g/mol. The molecule has 1 aromatic carbocycles. The summed E-state index contributed by atoms with van der Waals surface area (Å²) in [6.07, 6.45) is 0. The van der Waals surface area contributed by atoms with E-state index in [2.05, 4.69) is 33.4 Å². The van der Waals surface area contributed by atoms with Gasteiger partial charge >= 0.3 is 0 Å². The quantitative estimate of drug-likeness (QED) is 0.438. The average Bonchev–Trinajstić information content (AvgIpc) is 2.97. The number of thiophene rings is 2. The fourth-order valence-electron chi connectivity index (χ4n) is 2.05. The van der Waals surface area contributed by atoms with Crippen LogP contribution < -0.4 is 4.74 Å². The van der Waals surface area contributed by atoms with Gasteiger partial charge < -0.3 is 4.74 Å². The number of hydrogen-bond donors (Lipinski definition) is 0. The predicted molar refractivity (Wildman–Crippen MR) is 93.1 cm³/mol. The van der Waals surface area contributed by atoms with Gasteiger partial charge in [0.05, 0.1) is 17.0 Å². The van der Waals surface area contributed by atoms with Crippen molar-refractivity contribution in [3.05, 3.63) is 49.6 Å². The highest BCUT2D eigenvalue weighted by Crippen LogP contribution is 2.44. The fraction of sp³-hybridized carbons (Fsp3) is 0.143. The summed E-state index contributed by atoms with van der Waals surface area (Å²) < 4.78 is 8.78. The summed E-state index contributed by atoms with van der Waals surface area (Å²) >= 11 is 19.7. The van der Waals surface area contributed by atoms with Gasteiger partial charge in [-0.3, -0.25) is 0 Å². The van der Waals surface area contributed by atoms with Crippen LogP contribution in [0.25, 0.3) is 9.40 Å². The summed E-state index contributed by atoms with van der Waals surface area (Å²) in [6.45, 7) is 0. The molecule has 0 fully saturated rings. The van der Waals surface area contributed by atoms with E-state index in [9.17, 15) is 0 Å². The first-order valence-electron chi connectivity index (χ1n) is 5.74. The van der Waals surface area contributed by atoms with Crippen LogP contribution in [0.15, 0.2) is 34.1 Å². The maximum absolute atomic E-state index is 6.64. The highest BCUT2D eigenvalue weighted by atomic mass is 79.9. The first-order valence-corrected chi connectivity index (χ1v) is 9.04. The molecule has 0 amide bonds. The molecular weight excluding hydrogens is 399 g/mol. The lowest BCUT2D eigenvalue weighted by atomic mass is 10.1. The minimum atomic E-state index is -0.274. The zero-order chi connectivity index (χ0) is 14.3. The number of alkyl halides is 1. The van der Waals surface area contributed by atoms with Crippen LogP contribution in [0.3, 0.4) is 0 Å². The molecule has 0 saturated carbocycles. The highest BCUT2D eigenvalue weighted by molar-refractivity contribution is 9.10. The zero-order valence-electron chi connectivity index (χ0n) is 10.3. The summed E-state index contributed by atoms with van der Waals surface area (Å²) in [5, 5.41) is 2.45. The van der Waals surface area contributed by atoms with Crippen LogP contribution >= 0.6 is 61.8 Å². The van der Waals surface area contributed by atoms with Crippen LogP contribution in [0, 0.1) is 0 Å². The van der Waals surface area contributed by atoms with Crippen LogP contribution in [-0.2, 0) is 0 Å². The second-order valence-electron chi connectivity index (χ2n) is 4.17. The van der Waals surface area contributed by atoms with Gasteiger partial charge in [0, 0.05) is 24.9 Å². The normalized spacial score (nSPS) is 12.8.